The van der Waals surface area contributed by atoms with Crippen LogP contribution >= 0.6 is 0 Å². The van der Waals surface area contributed by atoms with Crippen LogP contribution in [0.3, 0.4) is 0 Å². The first-order chi connectivity index (χ1) is 29.3. The largest absolute Gasteiger partial charge is 0.459 e. The molecule has 0 saturated heterocycles. The highest BCUT2D eigenvalue weighted by Crippen LogP contribution is 2.62. The first-order valence-corrected chi connectivity index (χ1v) is 21.3. The number of carbonyl (C=O) groups excluding carboxylic acids is 2. The van der Waals surface area contributed by atoms with Crippen molar-refractivity contribution in [3.63, 3.8) is 0 Å². The van der Waals surface area contributed by atoms with Crippen LogP contribution in [0, 0.1) is 17.8 Å². The van der Waals surface area contributed by atoms with Gasteiger partial charge in [0.25, 0.3) is 0 Å². The van der Waals surface area contributed by atoms with Crippen molar-refractivity contribution < 1.29 is 53.4 Å². The number of nitrogens with one attached hydrogen (secondary N) is 1. The van der Waals surface area contributed by atoms with Crippen LogP contribution in [0.1, 0.15) is 75.3 Å². The number of rotatable bonds is 25. The summed E-state index contributed by atoms with van der Waals surface area (Å²) in [5.41, 5.74) is 3.24. The van der Waals surface area contributed by atoms with E-state index in [0.29, 0.717) is 49.6 Å². The van der Waals surface area contributed by atoms with E-state index in [1.165, 1.54) is 0 Å². The molecular weight excluding hydrogens is 771 g/mol. The maximum absolute atomic E-state index is 14.3. The predicted molar refractivity (Wildman–Crippen MR) is 227 cm³/mol. The van der Waals surface area contributed by atoms with Crippen molar-refractivity contribution in [2.75, 3.05) is 59.4 Å². The maximum atomic E-state index is 14.3. The summed E-state index contributed by atoms with van der Waals surface area (Å²) in [5, 5.41) is 36.8. The number of hydrogen-bond donors (Lipinski definition) is 4. The molecule has 6 unspecified atom stereocenters. The summed E-state index contributed by atoms with van der Waals surface area (Å²) >= 11 is 0. The quantitative estimate of drug-likeness (QED) is 0.0479. The first kappa shape index (κ1) is 46.3. The van der Waals surface area contributed by atoms with E-state index in [-0.39, 0.29) is 77.0 Å². The highest BCUT2D eigenvalue weighted by atomic mass is 16.7. The molecule has 1 heterocycles. The minimum atomic E-state index is -1.52. The van der Waals surface area contributed by atoms with Gasteiger partial charge >= 0.3 is 12.2 Å². The van der Waals surface area contributed by atoms with Crippen LogP contribution in [0.2, 0.25) is 0 Å². The number of aliphatic hydroxyl groups excluding tert-OH is 3. The lowest BCUT2D eigenvalue weighted by Crippen LogP contribution is -2.70. The second kappa shape index (κ2) is 23.9. The number of nitrogens with zero attached hydrogens (tertiary/aromatic N) is 2. The van der Waals surface area contributed by atoms with E-state index in [4.69, 9.17) is 33.7 Å². The van der Waals surface area contributed by atoms with Gasteiger partial charge in [0.15, 0.2) is 0 Å². The van der Waals surface area contributed by atoms with Gasteiger partial charge in [-0.25, -0.2) is 9.59 Å². The lowest BCUT2D eigenvalue weighted by molar-refractivity contribution is -0.256. The number of allylic oxidation sites excluding steroid dienone is 1. The zero-order valence-corrected chi connectivity index (χ0v) is 34.9. The number of oxime groups is 1. The van der Waals surface area contributed by atoms with E-state index in [9.17, 15) is 24.9 Å². The molecule has 0 spiro atoms. The molecule has 2 aromatic rings. The molecule has 4 N–H and O–H groups in total. The third kappa shape index (κ3) is 11.5. The van der Waals surface area contributed by atoms with Gasteiger partial charge in [-0.3, -0.25) is 4.90 Å². The Labute approximate surface area is 353 Å². The van der Waals surface area contributed by atoms with Crippen LogP contribution < -0.4 is 14.8 Å². The summed E-state index contributed by atoms with van der Waals surface area (Å²) in [6.45, 7) is 10.6. The zero-order valence-electron chi connectivity index (χ0n) is 34.9. The Morgan fingerprint density at radius 2 is 1.77 bits per heavy atom. The summed E-state index contributed by atoms with van der Waals surface area (Å²) in [5.74, 6) is -1.60. The molecule has 6 atom stereocenters. The monoisotopic (exact) mass is 833 g/mol. The van der Waals surface area contributed by atoms with Gasteiger partial charge in [0.2, 0.25) is 5.79 Å². The molecule has 5 rings (SSSR count). The maximum Gasteiger partial charge on any atom is 0.412 e. The van der Waals surface area contributed by atoms with Crippen molar-refractivity contribution in [3.05, 3.63) is 96.6 Å². The zero-order chi connectivity index (χ0) is 42.7. The van der Waals surface area contributed by atoms with Crippen molar-refractivity contribution in [1.29, 1.82) is 0 Å². The number of benzene rings is 2. The predicted octanol–water partition coefficient (Wildman–Crippen LogP) is 6.65. The van der Waals surface area contributed by atoms with E-state index >= 15 is 0 Å². The molecule has 0 bridgehead atoms. The molecule has 2 amide bonds. The minimum Gasteiger partial charge on any atom is -0.459 e. The van der Waals surface area contributed by atoms with Gasteiger partial charge in [-0.2, -0.15) is 0 Å². The standard InChI is InChI=1S/C46H63N3O11/c1-4-7-26-56-45(54)49(21-27-55-28-24-52)41-31-39(48-58-6-3)37-29-34(17-11-13-22-50)36(18-12-14-23-51)42-38-30-35(59-44(53)47-32-33-15-9-8-10-16-33)19-20-40(38)60-46(41,43(37)42)57-25-5-2/h4-5,8-10,15-16,19-20,29-30,34,36,41-43,50-52H,1-2,6-7,11-14,17-18,21-28,31-32H2,3H3,(H,47,53). The van der Waals surface area contributed by atoms with Gasteiger partial charge in [0, 0.05) is 44.2 Å². The highest BCUT2D eigenvalue weighted by Gasteiger charge is 2.65. The average molecular weight is 834 g/mol. The smallest absolute Gasteiger partial charge is 0.412 e. The van der Waals surface area contributed by atoms with Gasteiger partial charge < -0.3 is 49.2 Å². The second-order valence-electron chi connectivity index (χ2n) is 15.1. The number of ether oxygens (including phenoxy) is 5. The summed E-state index contributed by atoms with van der Waals surface area (Å²) in [6.07, 6.45) is 9.28. The van der Waals surface area contributed by atoms with Crippen molar-refractivity contribution in [1.82, 2.24) is 10.2 Å². The second-order valence-corrected chi connectivity index (χ2v) is 15.1. The fraction of sp³-hybridized carbons (Fsp3) is 0.543. The molecule has 1 fully saturated rings. The molecule has 328 valence electrons. The number of carbonyl (C=O) groups is 2. The van der Waals surface area contributed by atoms with Crippen LogP contribution in [-0.2, 0) is 25.6 Å². The topological polar surface area (TPSA) is 178 Å². The van der Waals surface area contributed by atoms with Crippen LogP contribution in [0.15, 0.2) is 90.6 Å². The molecule has 1 saturated carbocycles. The Bertz CT molecular complexity index is 1750. The normalized spacial score (nSPS) is 23.3. The third-order valence-corrected chi connectivity index (χ3v) is 11.3. The molecule has 0 radical (unpaired) electrons. The van der Waals surface area contributed by atoms with Gasteiger partial charge in [-0.15, -0.1) is 13.2 Å². The summed E-state index contributed by atoms with van der Waals surface area (Å²) in [6, 6.07) is 14.1. The molecule has 2 aromatic carbocycles. The fourth-order valence-corrected chi connectivity index (χ4v) is 8.78. The Balaban J connectivity index is 1.69. The Morgan fingerprint density at radius 1 is 0.983 bits per heavy atom. The van der Waals surface area contributed by atoms with E-state index in [1.807, 2.05) is 43.3 Å². The highest BCUT2D eigenvalue weighted by molar-refractivity contribution is 6.03. The van der Waals surface area contributed by atoms with Crippen molar-refractivity contribution in [2.45, 2.75) is 82.6 Å². The van der Waals surface area contributed by atoms with Crippen LogP contribution in [-0.4, -0.2) is 109 Å². The lowest BCUT2D eigenvalue weighted by atomic mass is 9.55. The molecule has 14 heteroatoms. The lowest BCUT2D eigenvalue weighted by Gasteiger charge is -2.59. The van der Waals surface area contributed by atoms with Crippen LogP contribution in [0.5, 0.6) is 11.5 Å². The molecule has 1 aliphatic heterocycles. The SMILES string of the molecule is C=CCCOC(=O)N(CCOCCO)C1CC(=NOCC)C2=CC(CCCCO)C(CCCCO)C3c4cc(OC(=O)NCc5ccccc5)ccc4OC1(OCC=C)C23. The molecule has 2 aliphatic carbocycles. The van der Waals surface area contributed by atoms with Crippen LogP contribution in [0.25, 0.3) is 0 Å². The molecular formula is C46H63N3O11. The number of amides is 2. The average Bonchev–Trinajstić information content (AvgIpc) is 3.26. The number of aliphatic hydroxyl groups is 3. The number of unbranched alkanes of at least 4 members (excludes halogenated alkanes) is 2. The Kier molecular flexibility index (Phi) is 18.5. The van der Waals surface area contributed by atoms with E-state index < -0.39 is 29.9 Å². The van der Waals surface area contributed by atoms with Crippen molar-refractivity contribution in [3.8, 4) is 11.5 Å². The summed E-state index contributed by atoms with van der Waals surface area (Å²) in [7, 11) is 0. The summed E-state index contributed by atoms with van der Waals surface area (Å²) < 4.78 is 31.6. The van der Waals surface area contributed by atoms with Gasteiger partial charge in [0.1, 0.15) is 24.1 Å². The Morgan fingerprint density at radius 3 is 2.48 bits per heavy atom. The first-order valence-electron chi connectivity index (χ1n) is 21.3. The van der Waals surface area contributed by atoms with Crippen LogP contribution in [0.4, 0.5) is 9.59 Å². The molecule has 14 nitrogen and oxygen atoms in total. The van der Waals surface area contributed by atoms with Gasteiger partial charge in [-0.05, 0) is 80.2 Å². The van der Waals surface area contributed by atoms with E-state index in [0.717, 1.165) is 42.4 Å². The van der Waals surface area contributed by atoms with Crippen molar-refractivity contribution in [2.24, 2.45) is 22.9 Å². The van der Waals surface area contributed by atoms with Crippen molar-refractivity contribution >= 4 is 17.9 Å². The van der Waals surface area contributed by atoms with E-state index in [1.54, 1.807) is 29.2 Å². The molecule has 3 aliphatic rings. The molecule has 60 heavy (non-hydrogen) atoms. The molecule has 0 aromatic heterocycles. The third-order valence-electron chi connectivity index (χ3n) is 11.3. The van der Waals surface area contributed by atoms with Gasteiger partial charge in [-0.1, -0.05) is 66.6 Å². The number of fused-ring (bicyclic) bond motifs is 2. The Hall–Kier alpha value is -4.73. The number of hydrogen-bond acceptors (Lipinski definition) is 12. The fourth-order valence-electron chi connectivity index (χ4n) is 8.78. The summed E-state index contributed by atoms with van der Waals surface area (Å²) in [4.78, 5) is 34.8. The minimum absolute atomic E-state index is 0.0172. The van der Waals surface area contributed by atoms with E-state index in [2.05, 4.69) is 24.6 Å². The van der Waals surface area contributed by atoms with Gasteiger partial charge in [0.05, 0.1) is 44.7 Å².